The van der Waals surface area contributed by atoms with Gasteiger partial charge >= 0.3 is 0 Å². The molecule has 1 saturated heterocycles. The van der Waals surface area contributed by atoms with E-state index >= 15 is 0 Å². The largest absolute Gasteiger partial charge is 0.494 e. The number of carbonyl (C=O) groups excluding carboxylic acids is 1. The van der Waals surface area contributed by atoms with Crippen LogP contribution < -0.4 is 9.04 Å². The van der Waals surface area contributed by atoms with E-state index in [0.29, 0.717) is 31.1 Å². The van der Waals surface area contributed by atoms with E-state index in [4.69, 9.17) is 4.74 Å². The number of hydrogen-bond acceptors (Lipinski definition) is 6. The fourth-order valence-corrected chi connectivity index (χ4v) is 5.42. The highest BCUT2D eigenvalue weighted by Crippen LogP contribution is 2.27. The number of ether oxygens (including phenoxy) is 1. The molecule has 0 N–H and O–H groups in total. The molecular weight excluding hydrogens is 446 g/mol. The fourth-order valence-electron chi connectivity index (χ4n) is 3.60. The lowest BCUT2D eigenvalue weighted by atomic mass is 10.3. The van der Waals surface area contributed by atoms with Crippen LogP contribution in [0.25, 0.3) is 0 Å². The molecule has 32 heavy (non-hydrogen) atoms. The molecule has 2 aromatic carbocycles. The summed E-state index contributed by atoms with van der Waals surface area (Å²) in [5, 5.41) is 0. The lowest BCUT2D eigenvalue weighted by molar-refractivity contribution is -0.131. The number of amides is 1. The van der Waals surface area contributed by atoms with Gasteiger partial charge in [-0.05, 0) is 68.3 Å². The number of benzene rings is 2. The Bertz CT molecular complexity index is 987. The molecule has 0 aromatic heterocycles. The zero-order valence-corrected chi connectivity index (χ0v) is 20.5. The first kappa shape index (κ1) is 24.4. The van der Waals surface area contributed by atoms with E-state index in [1.165, 1.54) is 4.31 Å². The summed E-state index contributed by atoms with van der Waals surface area (Å²) in [5.74, 6) is 0.457. The fraction of sp³-hybridized carbons (Fsp3) is 0.435. The number of nitrogens with zero attached hydrogens (tertiary/aromatic N) is 3. The van der Waals surface area contributed by atoms with Crippen molar-refractivity contribution in [3.8, 4) is 5.75 Å². The second-order valence-corrected chi connectivity index (χ2v) is 10.2. The summed E-state index contributed by atoms with van der Waals surface area (Å²) < 4.78 is 33.8. The molecule has 1 amide bonds. The third kappa shape index (κ3) is 5.76. The molecule has 0 radical (unpaired) electrons. The van der Waals surface area contributed by atoms with Crippen LogP contribution in [-0.2, 0) is 14.8 Å². The van der Waals surface area contributed by atoms with Crippen molar-refractivity contribution in [3.05, 3.63) is 48.5 Å². The van der Waals surface area contributed by atoms with Crippen LogP contribution in [0.4, 0.5) is 5.69 Å². The Morgan fingerprint density at radius 3 is 2.16 bits per heavy atom. The van der Waals surface area contributed by atoms with Gasteiger partial charge in [-0.1, -0.05) is 6.92 Å². The summed E-state index contributed by atoms with van der Waals surface area (Å²) in [7, 11) is -3.93. The van der Waals surface area contributed by atoms with Crippen LogP contribution in [0.15, 0.2) is 58.3 Å². The molecule has 1 aliphatic heterocycles. The molecule has 174 valence electrons. The molecule has 9 heteroatoms. The predicted octanol–water partition coefficient (Wildman–Crippen LogP) is 3.17. The quantitative estimate of drug-likeness (QED) is 0.517. The van der Waals surface area contributed by atoms with Crippen LogP contribution in [0, 0.1) is 0 Å². The maximum atomic E-state index is 13.6. The molecule has 0 saturated carbocycles. The Kier molecular flexibility index (Phi) is 8.44. The van der Waals surface area contributed by atoms with E-state index in [1.54, 1.807) is 65.2 Å². The molecule has 3 rings (SSSR count). The van der Waals surface area contributed by atoms with Gasteiger partial charge in [0.25, 0.3) is 10.0 Å². The number of likely N-dealkylation sites (N-methyl/N-ethyl adjacent to an activating group) is 1. The minimum Gasteiger partial charge on any atom is -0.494 e. The Balaban J connectivity index is 1.89. The van der Waals surface area contributed by atoms with Gasteiger partial charge in [-0.3, -0.25) is 9.10 Å². The van der Waals surface area contributed by atoms with E-state index in [-0.39, 0.29) is 17.3 Å². The molecule has 0 aliphatic carbocycles. The van der Waals surface area contributed by atoms with E-state index < -0.39 is 10.0 Å². The van der Waals surface area contributed by atoms with Gasteiger partial charge < -0.3 is 14.5 Å². The van der Waals surface area contributed by atoms with Gasteiger partial charge in [0.1, 0.15) is 12.3 Å². The Labute approximate surface area is 195 Å². The molecule has 0 unspecified atom stereocenters. The van der Waals surface area contributed by atoms with Crippen LogP contribution in [0.1, 0.15) is 13.8 Å². The number of rotatable bonds is 9. The van der Waals surface area contributed by atoms with Crippen LogP contribution in [0.3, 0.4) is 0 Å². The number of hydrogen-bond donors (Lipinski definition) is 0. The van der Waals surface area contributed by atoms with Gasteiger partial charge in [-0.15, -0.1) is 11.8 Å². The van der Waals surface area contributed by atoms with Gasteiger partial charge in [0, 0.05) is 31.1 Å². The van der Waals surface area contributed by atoms with Crippen LogP contribution in [0.2, 0.25) is 0 Å². The second-order valence-electron chi connectivity index (χ2n) is 7.43. The highest BCUT2D eigenvalue weighted by molar-refractivity contribution is 7.98. The Morgan fingerprint density at radius 1 is 1.00 bits per heavy atom. The Morgan fingerprint density at radius 2 is 1.62 bits per heavy atom. The summed E-state index contributed by atoms with van der Waals surface area (Å²) in [6.07, 6.45) is 1.94. The minimum absolute atomic E-state index is 0.160. The molecule has 1 aliphatic rings. The summed E-state index contributed by atoms with van der Waals surface area (Å²) >= 11 is 1.54. The van der Waals surface area contributed by atoms with Gasteiger partial charge in [0.2, 0.25) is 5.91 Å². The standard InChI is InChI=1S/C23H31N3O4S2/c1-4-24-14-16-25(17-15-24)23(27)18-26(19-6-8-20(9-7-19)30-5-2)32(28,29)22-12-10-21(31-3)11-13-22/h6-13H,4-5,14-18H2,1-3H3. The summed E-state index contributed by atoms with van der Waals surface area (Å²) in [6.45, 7) is 8.01. The normalized spacial score (nSPS) is 14.9. The van der Waals surface area contributed by atoms with Crippen molar-refractivity contribution in [3.63, 3.8) is 0 Å². The smallest absolute Gasteiger partial charge is 0.264 e. The molecule has 0 spiro atoms. The van der Waals surface area contributed by atoms with Crippen LogP contribution in [-0.4, -0.2) is 76.3 Å². The van der Waals surface area contributed by atoms with Gasteiger partial charge in [-0.25, -0.2) is 8.42 Å². The van der Waals surface area contributed by atoms with Crippen molar-refractivity contribution in [1.82, 2.24) is 9.80 Å². The lowest BCUT2D eigenvalue weighted by Crippen LogP contribution is -2.51. The highest BCUT2D eigenvalue weighted by Gasteiger charge is 2.30. The molecule has 1 heterocycles. The topological polar surface area (TPSA) is 70.2 Å². The first-order valence-corrected chi connectivity index (χ1v) is 13.4. The number of thioether (sulfide) groups is 1. The zero-order valence-electron chi connectivity index (χ0n) is 18.9. The maximum Gasteiger partial charge on any atom is 0.264 e. The van der Waals surface area contributed by atoms with Crippen LogP contribution >= 0.6 is 11.8 Å². The SMILES string of the molecule is CCOc1ccc(N(CC(=O)N2CCN(CC)CC2)S(=O)(=O)c2ccc(SC)cc2)cc1. The molecule has 2 aromatic rings. The van der Waals surface area contributed by atoms with Crippen molar-refractivity contribution < 1.29 is 17.9 Å². The third-order valence-electron chi connectivity index (χ3n) is 5.53. The van der Waals surface area contributed by atoms with Gasteiger partial charge in [-0.2, -0.15) is 0 Å². The average Bonchev–Trinajstić information content (AvgIpc) is 2.83. The van der Waals surface area contributed by atoms with E-state index in [2.05, 4.69) is 11.8 Å². The molecule has 7 nitrogen and oxygen atoms in total. The van der Waals surface area contributed by atoms with Crippen molar-refractivity contribution in [1.29, 1.82) is 0 Å². The third-order valence-corrected chi connectivity index (χ3v) is 8.07. The second kappa shape index (κ2) is 11.1. The van der Waals surface area contributed by atoms with Gasteiger partial charge in [0.15, 0.2) is 0 Å². The monoisotopic (exact) mass is 477 g/mol. The van der Waals surface area contributed by atoms with Gasteiger partial charge in [0.05, 0.1) is 17.2 Å². The molecule has 1 fully saturated rings. The lowest BCUT2D eigenvalue weighted by Gasteiger charge is -2.35. The van der Waals surface area contributed by atoms with Crippen LogP contribution in [0.5, 0.6) is 5.75 Å². The number of carbonyl (C=O) groups is 1. The van der Waals surface area contributed by atoms with Crippen molar-refractivity contribution in [2.24, 2.45) is 0 Å². The number of sulfonamides is 1. The highest BCUT2D eigenvalue weighted by atomic mass is 32.2. The average molecular weight is 478 g/mol. The minimum atomic E-state index is -3.93. The summed E-state index contributed by atoms with van der Waals surface area (Å²) in [6, 6.07) is 13.5. The molecular formula is C23H31N3O4S2. The van der Waals surface area contributed by atoms with E-state index in [1.807, 2.05) is 13.2 Å². The maximum absolute atomic E-state index is 13.6. The number of anilines is 1. The van der Waals surface area contributed by atoms with E-state index in [0.717, 1.165) is 24.5 Å². The Hall–Kier alpha value is -2.23. The van der Waals surface area contributed by atoms with Crippen molar-refractivity contribution in [2.45, 2.75) is 23.6 Å². The summed E-state index contributed by atoms with van der Waals surface area (Å²) in [4.78, 5) is 18.3. The summed E-state index contributed by atoms with van der Waals surface area (Å²) in [5.41, 5.74) is 0.433. The zero-order chi connectivity index (χ0) is 23.1. The molecule has 0 bridgehead atoms. The first-order valence-electron chi connectivity index (χ1n) is 10.8. The predicted molar refractivity (Wildman–Crippen MR) is 129 cm³/mol. The van der Waals surface area contributed by atoms with E-state index in [9.17, 15) is 13.2 Å². The molecule has 0 atom stereocenters. The van der Waals surface area contributed by atoms with Crippen molar-refractivity contribution in [2.75, 3.05) is 56.4 Å². The van der Waals surface area contributed by atoms with Crippen molar-refractivity contribution >= 4 is 33.4 Å². The first-order chi connectivity index (χ1) is 15.4. The number of piperazine rings is 1.